The van der Waals surface area contributed by atoms with Crippen LogP contribution in [0.15, 0.2) is 40.3 Å². The zero-order valence-electron chi connectivity index (χ0n) is 11.3. The molecule has 0 aliphatic heterocycles. The Labute approximate surface area is 123 Å². The Morgan fingerprint density at radius 1 is 1.21 bits per heavy atom. The van der Waals surface area contributed by atoms with E-state index in [2.05, 4.69) is 41.5 Å². The molecule has 1 aromatic heterocycles. The van der Waals surface area contributed by atoms with E-state index in [-0.39, 0.29) is 0 Å². The van der Waals surface area contributed by atoms with Crippen LogP contribution in [0.3, 0.4) is 0 Å². The number of pyridine rings is 1. The van der Waals surface area contributed by atoms with Gasteiger partial charge in [0.15, 0.2) is 0 Å². The number of aromatic nitrogens is 1. The van der Waals surface area contributed by atoms with Crippen molar-refractivity contribution >= 4 is 23.4 Å². The van der Waals surface area contributed by atoms with Gasteiger partial charge in [0.25, 0.3) is 0 Å². The minimum absolute atomic E-state index is 0.777. The summed E-state index contributed by atoms with van der Waals surface area (Å²) in [5.74, 6) is 0. The molecule has 0 saturated heterocycles. The van der Waals surface area contributed by atoms with E-state index in [0.29, 0.717) is 0 Å². The molecule has 1 N–H and O–H groups in total. The smallest absolute Gasteiger partial charge is 0.101 e. The second-order valence-electron chi connectivity index (χ2n) is 4.52. The second-order valence-corrected chi connectivity index (χ2v) is 5.99. The van der Waals surface area contributed by atoms with Crippen LogP contribution in [-0.2, 0) is 6.54 Å². The fourth-order valence-electron chi connectivity index (χ4n) is 1.91. The number of halogens is 1. The van der Waals surface area contributed by atoms with Crippen molar-refractivity contribution in [1.82, 2.24) is 10.3 Å². The van der Waals surface area contributed by atoms with Crippen LogP contribution in [0.1, 0.15) is 16.8 Å². The van der Waals surface area contributed by atoms with Crippen molar-refractivity contribution in [3.8, 4) is 0 Å². The molecule has 0 bridgehead atoms. The lowest BCUT2D eigenvalue weighted by Gasteiger charge is -2.07. The monoisotopic (exact) mass is 292 g/mol. The summed E-state index contributed by atoms with van der Waals surface area (Å²) in [5, 5.41) is 4.88. The molecule has 2 rings (SSSR count). The third-order valence-corrected chi connectivity index (χ3v) is 4.08. The quantitative estimate of drug-likeness (QED) is 0.913. The molecule has 100 valence electrons. The van der Waals surface area contributed by atoms with E-state index in [1.54, 1.807) is 11.8 Å². The van der Waals surface area contributed by atoms with E-state index in [0.717, 1.165) is 27.2 Å². The Morgan fingerprint density at radius 2 is 2.00 bits per heavy atom. The fourth-order valence-corrected chi connectivity index (χ4v) is 3.18. The predicted molar refractivity (Wildman–Crippen MR) is 82.0 cm³/mol. The molecule has 2 nitrogen and oxygen atoms in total. The molecule has 0 spiro atoms. The topological polar surface area (TPSA) is 24.9 Å². The van der Waals surface area contributed by atoms with Gasteiger partial charge in [-0.25, -0.2) is 4.98 Å². The largest absolute Gasteiger partial charge is 0.316 e. The van der Waals surface area contributed by atoms with Crippen LogP contribution in [0.25, 0.3) is 0 Å². The van der Waals surface area contributed by atoms with Gasteiger partial charge in [-0.1, -0.05) is 29.4 Å². The second kappa shape index (κ2) is 6.42. The van der Waals surface area contributed by atoms with Crippen molar-refractivity contribution in [3.63, 3.8) is 0 Å². The first kappa shape index (κ1) is 14.4. The minimum Gasteiger partial charge on any atom is -0.316 e. The lowest BCUT2D eigenvalue weighted by molar-refractivity contribution is 0.817. The highest BCUT2D eigenvalue weighted by Gasteiger charge is 2.06. The first-order valence-corrected chi connectivity index (χ1v) is 7.34. The lowest BCUT2D eigenvalue weighted by Crippen LogP contribution is -2.04. The Morgan fingerprint density at radius 3 is 2.63 bits per heavy atom. The Bertz CT molecular complexity index is 564. The van der Waals surface area contributed by atoms with Crippen LogP contribution < -0.4 is 5.32 Å². The van der Waals surface area contributed by atoms with Gasteiger partial charge in [-0.3, -0.25) is 0 Å². The van der Waals surface area contributed by atoms with E-state index in [1.165, 1.54) is 11.1 Å². The fraction of sp³-hybridized carbons (Fsp3) is 0.267. The number of nitrogens with zero attached hydrogens (tertiary/aromatic N) is 1. The first-order valence-electron chi connectivity index (χ1n) is 6.14. The number of hydrogen-bond acceptors (Lipinski definition) is 3. The molecule has 0 atom stereocenters. The molecule has 2 aromatic rings. The van der Waals surface area contributed by atoms with Crippen LogP contribution in [0.4, 0.5) is 0 Å². The third-order valence-electron chi connectivity index (χ3n) is 2.67. The van der Waals surface area contributed by atoms with E-state index in [1.807, 2.05) is 20.0 Å². The highest BCUT2D eigenvalue weighted by molar-refractivity contribution is 7.99. The molecule has 1 aromatic carbocycles. The van der Waals surface area contributed by atoms with Gasteiger partial charge < -0.3 is 5.32 Å². The van der Waals surface area contributed by atoms with Crippen molar-refractivity contribution in [2.45, 2.75) is 30.3 Å². The lowest BCUT2D eigenvalue weighted by atomic mass is 10.2. The van der Waals surface area contributed by atoms with E-state index in [4.69, 9.17) is 11.6 Å². The van der Waals surface area contributed by atoms with Crippen molar-refractivity contribution in [2.75, 3.05) is 7.05 Å². The summed E-state index contributed by atoms with van der Waals surface area (Å²) in [4.78, 5) is 5.56. The zero-order valence-corrected chi connectivity index (χ0v) is 12.9. The molecule has 0 saturated carbocycles. The van der Waals surface area contributed by atoms with Crippen LogP contribution in [0.2, 0.25) is 5.02 Å². The number of hydrogen-bond donors (Lipinski definition) is 1. The first-order chi connectivity index (χ1) is 9.08. The highest BCUT2D eigenvalue weighted by Crippen LogP contribution is 2.33. The predicted octanol–water partition coefficient (Wildman–Crippen LogP) is 4.22. The van der Waals surface area contributed by atoms with Crippen molar-refractivity contribution in [2.24, 2.45) is 0 Å². The normalized spacial score (nSPS) is 10.7. The van der Waals surface area contributed by atoms with Crippen LogP contribution in [0.5, 0.6) is 0 Å². The third kappa shape index (κ3) is 3.96. The van der Waals surface area contributed by atoms with Gasteiger partial charge in [-0.2, -0.15) is 0 Å². The van der Waals surface area contributed by atoms with Gasteiger partial charge in [0, 0.05) is 17.1 Å². The average Bonchev–Trinajstić information content (AvgIpc) is 2.32. The number of rotatable bonds is 4. The van der Waals surface area contributed by atoms with Gasteiger partial charge in [-0.05, 0) is 56.3 Å². The summed E-state index contributed by atoms with van der Waals surface area (Å²) >= 11 is 7.92. The van der Waals surface area contributed by atoms with Crippen LogP contribution in [-0.4, -0.2) is 12.0 Å². The average molecular weight is 293 g/mol. The maximum atomic E-state index is 6.32. The summed E-state index contributed by atoms with van der Waals surface area (Å²) in [6.45, 7) is 4.91. The minimum atomic E-state index is 0.777. The molecule has 0 aliphatic rings. The number of nitrogens with one attached hydrogen (secondary N) is 1. The summed E-state index contributed by atoms with van der Waals surface area (Å²) < 4.78 is 0. The van der Waals surface area contributed by atoms with Crippen molar-refractivity contribution in [3.05, 3.63) is 52.2 Å². The van der Waals surface area contributed by atoms with Crippen LogP contribution in [0, 0.1) is 13.8 Å². The summed E-state index contributed by atoms with van der Waals surface area (Å²) in [6, 6.07) is 10.3. The highest BCUT2D eigenvalue weighted by atomic mass is 35.5. The van der Waals surface area contributed by atoms with Gasteiger partial charge in [0.05, 0.1) is 5.02 Å². The molecular weight excluding hydrogens is 276 g/mol. The summed E-state index contributed by atoms with van der Waals surface area (Å²) in [7, 11) is 1.93. The van der Waals surface area contributed by atoms with Gasteiger partial charge >= 0.3 is 0 Å². The van der Waals surface area contributed by atoms with Gasteiger partial charge in [0.1, 0.15) is 5.03 Å². The SMILES string of the molecule is CNCc1ccc(Sc2cc(C)cc(C)n2)c(Cl)c1. The van der Waals surface area contributed by atoms with Crippen LogP contribution >= 0.6 is 23.4 Å². The Balaban J connectivity index is 2.23. The maximum absolute atomic E-state index is 6.32. The summed E-state index contributed by atoms with van der Waals surface area (Å²) in [6.07, 6.45) is 0. The zero-order chi connectivity index (χ0) is 13.8. The molecule has 1 heterocycles. The summed E-state index contributed by atoms with van der Waals surface area (Å²) in [5.41, 5.74) is 3.44. The Kier molecular flexibility index (Phi) is 4.86. The molecule has 19 heavy (non-hydrogen) atoms. The molecule has 0 amide bonds. The molecule has 0 unspecified atom stereocenters. The van der Waals surface area contributed by atoms with E-state index < -0.39 is 0 Å². The Hall–Kier alpha value is -1.03. The molecule has 4 heteroatoms. The standard InChI is InChI=1S/C15H17ClN2S/c1-10-6-11(2)18-15(7-10)19-14-5-4-12(9-17-3)8-13(14)16/h4-8,17H,9H2,1-3H3. The molecular formula is C15H17ClN2S. The van der Waals surface area contributed by atoms with Crippen molar-refractivity contribution < 1.29 is 0 Å². The van der Waals surface area contributed by atoms with Gasteiger partial charge in [-0.15, -0.1) is 0 Å². The van der Waals surface area contributed by atoms with Gasteiger partial charge in [0.2, 0.25) is 0 Å². The van der Waals surface area contributed by atoms with E-state index in [9.17, 15) is 0 Å². The van der Waals surface area contributed by atoms with E-state index >= 15 is 0 Å². The molecule has 0 radical (unpaired) electrons. The molecule has 0 aliphatic carbocycles. The molecule has 0 fully saturated rings. The number of benzene rings is 1. The van der Waals surface area contributed by atoms with Crippen molar-refractivity contribution in [1.29, 1.82) is 0 Å². The number of aryl methyl sites for hydroxylation is 2. The maximum Gasteiger partial charge on any atom is 0.101 e.